The summed E-state index contributed by atoms with van der Waals surface area (Å²) < 4.78 is 2.13. The van der Waals surface area contributed by atoms with Gasteiger partial charge in [-0.1, -0.05) is 0 Å². The molecule has 1 aliphatic carbocycles. The fourth-order valence-corrected chi connectivity index (χ4v) is 2.36. The maximum Gasteiger partial charge on any atom is 0.108 e. The van der Waals surface area contributed by atoms with Crippen LogP contribution in [0.5, 0.6) is 0 Å². The van der Waals surface area contributed by atoms with Gasteiger partial charge in [0.25, 0.3) is 0 Å². The third kappa shape index (κ3) is 2.07. The van der Waals surface area contributed by atoms with Crippen LogP contribution in [-0.2, 0) is 13.5 Å². The highest BCUT2D eigenvalue weighted by Gasteiger charge is 2.46. The first-order chi connectivity index (χ1) is 7.18. The maximum absolute atomic E-state index is 4.37. The van der Waals surface area contributed by atoms with Gasteiger partial charge < -0.3 is 9.88 Å². The van der Waals surface area contributed by atoms with Crippen molar-refractivity contribution in [3.05, 3.63) is 18.2 Å². The largest absolute Gasteiger partial charge is 0.338 e. The molecular weight excluding hydrogens is 186 g/mol. The van der Waals surface area contributed by atoms with Crippen LogP contribution < -0.4 is 5.32 Å². The molecule has 3 nitrogen and oxygen atoms in total. The van der Waals surface area contributed by atoms with E-state index in [1.807, 2.05) is 12.4 Å². The first-order valence-corrected chi connectivity index (χ1v) is 5.81. The molecule has 1 aromatic rings. The van der Waals surface area contributed by atoms with E-state index >= 15 is 0 Å². The average molecular weight is 207 g/mol. The fourth-order valence-electron chi connectivity index (χ4n) is 2.36. The molecular formula is C12H21N3. The Balaban J connectivity index is 1.91. The molecule has 0 radical (unpaired) electrons. The summed E-state index contributed by atoms with van der Waals surface area (Å²) in [5, 5.41) is 3.39. The Hall–Kier alpha value is -0.830. The van der Waals surface area contributed by atoms with Crippen LogP contribution in [0.15, 0.2) is 12.4 Å². The molecule has 1 N–H and O–H groups in total. The molecule has 1 unspecified atom stereocenters. The summed E-state index contributed by atoms with van der Waals surface area (Å²) in [4.78, 5) is 4.37. The predicted molar refractivity (Wildman–Crippen MR) is 61.7 cm³/mol. The minimum absolute atomic E-state index is 0.556. The van der Waals surface area contributed by atoms with E-state index in [0.29, 0.717) is 11.5 Å². The van der Waals surface area contributed by atoms with Gasteiger partial charge in [-0.2, -0.15) is 0 Å². The fraction of sp³-hybridized carbons (Fsp3) is 0.750. The maximum atomic E-state index is 4.37. The van der Waals surface area contributed by atoms with Crippen molar-refractivity contribution in [1.29, 1.82) is 0 Å². The van der Waals surface area contributed by atoms with E-state index in [1.165, 1.54) is 25.1 Å². The molecule has 0 bridgehead atoms. The zero-order valence-electron chi connectivity index (χ0n) is 9.95. The summed E-state index contributed by atoms with van der Waals surface area (Å²) in [5.41, 5.74) is 0.556. The molecule has 1 atom stereocenters. The van der Waals surface area contributed by atoms with E-state index in [-0.39, 0.29) is 0 Å². The van der Waals surface area contributed by atoms with Gasteiger partial charge in [0.15, 0.2) is 0 Å². The molecule has 84 valence electrons. The lowest BCUT2D eigenvalue weighted by atomic mass is 9.92. The van der Waals surface area contributed by atoms with E-state index in [0.717, 1.165) is 6.42 Å². The van der Waals surface area contributed by atoms with Gasteiger partial charge >= 0.3 is 0 Å². The topological polar surface area (TPSA) is 29.9 Å². The second-order valence-electron chi connectivity index (χ2n) is 4.83. The van der Waals surface area contributed by atoms with E-state index in [9.17, 15) is 0 Å². The monoisotopic (exact) mass is 207 g/mol. The van der Waals surface area contributed by atoms with Crippen LogP contribution in [-0.4, -0.2) is 22.6 Å². The minimum atomic E-state index is 0.556. The zero-order chi connectivity index (χ0) is 10.9. The Kier molecular flexibility index (Phi) is 2.83. The molecule has 2 rings (SSSR count). The van der Waals surface area contributed by atoms with Crippen LogP contribution >= 0.6 is 0 Å². The molecule has 0 spiro atoms. The number of aromatic nitrogens is 2. The van der Waals surface area contributed by atoms with E-state index in [2.05, 4.69) is 35.9 Å². The molecule has 0 aromatic carbocycles. The lowest BCUT2D eigenvalue weighted by Gasteiger charge is -2.22. The quantitative estimate of drug-likeness (QED) is 0.797. The second-order valence-corrected chi connectivity index (χ2v) is 4.83. The highest BCUT2D eigenvalue weighted by molar-refractivity contribution is 5.03. The number of aryl methyl sites for hydroxylation is 2. The highest BCUT2D eigenvalue weighted by Crippen LogP contribution is 2.52. The summed E-state index contributed by atoms with van der Waals surface area (Å²) in [6, 6.07) is 0.637. The van der Waals surface area contributed by atoms with Crippen LogP contribution in [0.2, 0.25) is 0 Å². The minimum Gasteiger partial charge on any atom is -0.338 e. The lowest BCUT2D eigenvalue weighted by Crippen LogP contribution is -2.32. The molecule has 1 aliphatic rings. The van der Waals surface area contributed by atoms with Gasteiger partial charge in [0.05, 0.1) is 0 Å². The average Bonchev–Trinajstić information content (AvgIpc) is 2.93. The number of nitrogens with zero attached hydrogens (tertiary/aromatic N) is 2. The van der Waals surface area contributed by atoms with Gasteiger partial charge in [-0.3, -0.25) is 0 Å². The molecule has 15 heavy (non-hydrogen) atoms. The smallest absolute Gasteiger partial charge is 0.108 e. The van der Waals surface area contributed by atoms with Gasteiger partial charge in [0, 0.05) is 31.9 Å². The van der Waals surface area contributed by atoms with Crippen LogP contribution in [0, 0.1) is 5.41 Å². The summed E-state index contributed by atoms with van der Waals surface area (Å²) >= 11 is 0. The summed E-state index contributed by atoms with van der Waals surface area (Å²) in [5.74, 6) is 1.21. The van der Waals surface area contributed by atoms with E-state index < -0.39 is 0 Å². The van der Waals surface area contributed by atoms with Crippen molar-refractivity contribution in [2.45, 2.75) is 38.6 Å². The van der Waals surface area contributed by atoms with Crippen molar-refractivity contribution in [3.63, 3.8) is 0 Å². The Morgan fingerprint density at radius 2 is 2.33 bits per heavy atom. The van der Waals surface area contributed by atoms with Crippen molar-refractivity contribution in [2.24, 2.45) is 12.5 Å². The Morgan fingerprint density at radius 1 is 1.60 bits per heavy atom. The zero-order valence-corrected chi connectivity index (χ0v) is 9.95. The molecule has 1 saturated carbocycles. The lowest BCUT2D eigenvalue weighted by molar-refractivity contribution is 0.344. The summed E-state index contributed by atoms with van der Waals surface area (Å²) in [7, 11) is 4.13. The van der Waals surface area contributed by atoms with Crippen LogP contribution in [0.1, 0.15) is 32.0 Å². The SMILES string of the molecule is CNC(C)C1(CCc2nccn2C)CC1. The highest BCUT2D eigenvalue weighted by atomic mass is 15.0. The molecule has 0 saturated heterocycles. The van der Waals surface area contributed by atoms with Crippen molar-refractivity contribution in [1.82, 2.24) is 14.9 Å². The summed E-state index contributed by atoms with van der Waals surface area (Å²) in [6.45, 7) is 2.30. The second kappa shape index (κ2) is 3.97. The Labute approximate surface area is 91.9 Å². The first-order valence-electron chi connectivity index (χ1n) is 5.81. The first kappa shape index (κ1) is 10.7. The number of hydrogen-bond acceptors (Lipinski definition) is 2. The van der Waals surface area contributed by atoms with Crippen molar-refractivity contribution in [3.8, 4) is 0 Å². The van der Waals surface area contributed by atoms with Crippen LogP contribution in [0.25, 0.3) is 0 Å². The van der Waals surface area contributed by atoms with Crippen molar-refractivity contribution in [2.75, 3.05) is 7.05 Å². The van der Waals surface area contributed by atoms with Gasteiger partial charge in [0.1, 0.15) is 5.82 Å². The number of imidazole rings is 1. The molecule has 3 heteroatoms. The van der Waals surface area contributed by atoms with Crippen molar-refractivity contribution < 1.29 is 0 Å². The van der Waals surface area contributed by atoms with Gasteiger partial charge in [-0.15, -0.1) is 0 Å². The normalized spacial score (nSPS) is 20.2. The Morgan fingerprint density at radius 3 is 2.80 bits per heavy atom. The van der Waals surface area contributed by atoms with E-state index in [1.54, 1.807) is 0 Å². The van der Waals surface area contributed by atoms with Crippen LogP contribution in [0.3, 0.4) is 0 Å². The third-order valence-corrected chi connectivity index (χ3v) is 4.01. The molecule has 1 aromatic heterocycles. The Bertz CT molecular complexity index is 325. The number of nitrogens with one attached hydrogen (secondary N) is 1. The van der Waals surface area contributed by atoms with E-state index in [4.69, 9.17) is 0 Å². The molecule has 1 fully saturated rings. The van der Waals surface area contributed by atoms with Gasteiger partial charge in [-0.25, -0.2) is 4.98 Å². The summed E-state index contributed by atoms with van der Waals surface area (Å²) in [6.07, 6.45) is 9.03. The standard InChI is InChI=1S/C12H21N3/c1-10(13-2)12(6-7-12)5-4-11-14-8-9-15(11)3/h8-10,13H,4-7H2,1-3H3. The van der Waals surface area contributed by atoms with Crippen LogP contribution in [0.4, 0.5) is 0 Å². The van der Waals surface area contributed by atoms with Gasteiger partial charge in [-0.05, 0) is 38.6 Å². The van der Waals surface area contributed by atoms with Gasteiger partial charge in [0.2, 0.25) is 0 Å². The number of rotatable bonds is 5. The third-order valence-electron chi connectivity index (χ3n) is 4.01. The molecule has 0 aliphatic heterocycles. The molecule has 0 amide bonds. The predicted octanol–water partition coefficient (Wildman–Crippen LogP) is 1.74. The number of hydrogen-bond donors (Lipinski definition) is 1. The molecule has 1 heterocycles. The van der Waals surface area contributed by atoms with Crippen molar-refractivity contribution >= 4 is 0 Å².